The summed E-state index contributed by atoms with van der Waals surface area (Å²) in [6, 6.07) is 0. The summed E-state index contributed by atoms with van der Waals surface area (Å²) < 4.78 is 0. The van der Waals surface area contributed by atoms with Gasteiger partial charge < -0.3 is 5.32 Å². The highest BCUT2D eigenvalue weighted by atomic mass is 16.2. The molecule has 0 spiro atoms. The van der Waals surface area contributed by atoms with Gasteiger partial charge in [0.1, 0.15) is 0 Å². The van der Waals surface area contributed by atoms with Crippen molar-refractivity contribution in [1.82, 2.24) is 5.32 Å². The molecule has 2 heteroatoms. The highest BCUT2D eigenvalue weighted by Crippen LogP contribution is 2.35. The lowest BCUT2D eigenvalue weighted by atomic mass is 9.75. The van der Waals surface area contributed by atoms with E-state index in [1.165, 1.54) is 32.1 Å². The first kappa shape index (κ1) is 14.5. The first-order chi connectivity index (χ1) is 7.10. The Morgan fingerprint density at radius 2 is 1.67 bits per heavy atom. The van der Waals surface area contributed by atoms with Crippen molar-refractivity contribution in [2.24, 2.45) is 5.41 Å². The second kappa shape index (κ2) is 7.72. The van der Waals surface area contributed by atoms with Gasteiger partial charge >= 0.3 is 0 Å². The third kappa shape index (κ3) is 5.19. The van der Waals surface area contributed by atoms with Crippen LogP contribution in [0.1, 0.15) is 67.1 Å². The van der Waals surface area contributed by atoms with E-state index in [-0.39, 0.29) is 12.7 Å². The van der Waals surface area contributed by atoms with Gasteiger partial charge in [-0.2, -0.15) is 0 Å². The predicted octanol–water partition coefficient (Wildman–Crippen LogP) is 3.76. The Labute approximate surface area is 96.3 Å². The summed E-state index contributed by atoms with van der Waals surface area (Å²) in [6.07, 6.45) is 8.49. The zero-order valence-corrected chi connectivity index (χ0v) is 10.9. The molecular weight excluding hydrogens is 186 g/mol. The summed E-state index contributed by atoms with van der Waals surface area (Å²) in [4.78, 5) is 11.4. The predicted molar refractivity (Wildman–Crippen MR) is 68.0 cm³/mol. The molecule has 0 radical (unpaired) electrons. The van der Waals surface area contributed by atoms with Crippen LogP contribution in [-0.4, -0.2) is 13.0 Å². The molecule has 1 aliphatic rings. The number of carbonyl (C=O) groups is 1. The fourth-order valence-electron chi connectivity index (χ4n) is 1.86. The van der Waals surface area contributed by atoms with Gasteiger partial charge in [-0.05, 0) is 12.8 Å². The van der Waals surface area contributed by atoms with Gasteiger partial charge in [0.2, 0.25) is 5.91 Å². The maximum atomic E-state index is 11.4. The molecule has 1 amide bonds. The molecule has 0 aromatic rings. The molecule has 0 aromatic carbocycles. The molecule has 1 aliphatic carbocycles. The summed E-state index contributed by atoms with van der Waals surface area (Å²) in [5.74, 6) is 0.220. The second-order valence-electron chi connectivity index (χ2n) is 4.70. The van der Waals surface area contributed by atoms with Crippen LogP contribution in [0.5, 0.6) is 0 Å². The average molecular weight is 215 g/mol. The summed E-state index contributed by atoms with van der Waals surface area (Å²) in [5, 5.41) is 2.74. The number of amides is 1. The van der Waals surface area contributed by atoms with Crippen LogP contribution in [0.25, 0.3) is 0 Å². The molecule has 1 saturated carbocycles. The first-order valence-corrected chi connectivity index (χ1v) is 6.33. The van der Waals surface area contributed by atoms with Crippen LogP contribution >= 0.6 is 0 Å². The van der Waals surface area contributed by atoms with E-state index >= 15 is 0 Å². The summed E-state index contributed by atoms with van der Waals surface area (Å²) >= 11 is 0. The maximum absolute atomic E-state index is 11.4. The first-order valence-electron chi connectivity index (χ1n) is 6.33. The molecule has 0 atom stereocenters. The monoisotopic (exact) mass is 215 g/mol. The molecule has 1 N–H and O–H groups in total. The summed E-state index contributed by atoms with van der Waals surface area (Å²) in [6.45, 7) is 6.44. The minimum atomic E-state index is -0.0625. The van der Waals surface area contributed by atoms with Gasteiger partial charge in [0.15, 0.2) is 0 Å². The van der Waals surface area contributed by atoms with Crippen LogP contribution in [0.15, 0.2) is 0 Å². The van der Waals surface area contributed by atoms with E-state index in [0.29, 0.717) is 0 Å². The Bertz CT molecular complexity index is 175. The highest BCUT2D eigenvalue weighted by Gasteiger charge is 2.33. The summed E-state index contributed by atoms with van der Waals surface area (Å²) in [5.41, 5.74) is -0.0625. The average Bonchev–Trinajstić information content (AvgIpc) is 2.29. The molecule has 1 fully saturated rings. The van der Waals surface area contributed by atoms with E-state index in [1.807, 2.05) is 0 Å². The fraction of sp³-hybridized carbons (Fsp3) is 0.923. The van der Waals surface area contributed by atoms with Crippen molar-refractivity contribution in [3.05, 3.63) is 0 Å². The third-order valence-corrected chi connectivity index (χ3v) is 3.23. The van der Waals surface area contributed by atoms with Crippen molar-refractivity contribution >= 4 is 5.91 Å². The molecule has 0 aromatic heterocycles. The standard InChI is InChI=1S/C9H17NO.C4H10.H2/c1-9(8(11)10-2)6-4-3-5-7-9;1-3-4-2;/h3-7H2,1-2H3,(H,10,11);3-4H2,1-2H3;1H. The minimum Gasteiger partial charge on any atom is -0.359 e. The molecule has 2 nitrogen and oxygen atoms in total. The zero-order valence-electron chi connectivity index (χ0n) is 10.9. The van der Waals surface area contributed by atoms with Crippen molar-refractivity contribution in [2.45, 2.75) is 65.7 Å². The SMILES string of the molecule is CCCC.CNC(=O)C1(C)CCCCC1.[HH]. The zero-order chi connectivity index (χ0) is 11.7. The Balaban J connectivity index is 0. The number of hydrogen-bond acceptors (Lipinski definition) is 1. The number of unbranched alkanes of at least 4 members (excludes halogenated alkanes) is 1. The lowest BCUT2D eigenvalue weighted by Crippen LogP contribution is -2.38. The van der Waals surface area contributed by atoms with Gasteiger partial charge in [-0.3, -0.25) is 4.79 Å². The lowest BCUT2D eigenvalue weighted by molar-refractivity contribution is -0.131. The van der Waals surface area contributed by atoms with Crippen LogP contribution in [0.3, 0.4) is 0 Å². The van der Waals surface area contributed by atoms with Gasteiger partial charge in [0.25, 0.3) is 0 Å². The van der Waals surface area contributed by atoms with E-state index in [0.717, 1.165) is 12.8 Å². The van der Waals surface area contributed by atoms with Gasteiger partial charge in [-0.1, -0.05) is 52.9 Å². The van der Waals surface area contributed by atoms with E-state index < -0.39 is 0 Å². The van der Waals surface area contributed by atoms with Gasteiger partial charge in [0, 0.05) is 13.9 Å². The Morgan fingerprint density at radius 3 is 2.00 bits per heavy atom. The number of hydrogen-bond donors (Lipinski definition) is 1. The third-order valence-electron chi connectivity index (χ3n) is 3.23. The summed E-state index contributed by atoms with van der Waals surface area (Å²) in [7, 11) is 1.72. The molecule has 1 rings (SSSR count). The van der Waals surface area contributed by atoms with Crippen molar-refractivity contribution in [3.8, 4) is 0 Å². The fourth-order valence-corrected chi connectivity index (χ4v) is 1.86. The molecule has 92 valence electrons. The number of nitrogens with one attached hydrogen (secondary N) is 1. The van der Waals surface area contributed by atoms with E-state index in [4.69, 9.17) is 0 Å². The molecule has 0 saturated heterocycles. The highest BCUT2D eigenvalue weighted by molar-refractivity contribution is 5.81. The molecule has 0 aliphatic heterocycles. The van der Waals surface area contributed by atoms with Crippen molar-refractivity contribution in [2.75, 3.05) is 7.05 Å². The second-order valence-corrected chi connectivity index (χ2v) is 4.70. The molecule has 0 bridgehead atoms. The van der Waals surface area contributed by atoms with Crippen molar-refractivity contribution in [1.29, 1.82) is 0 Å². The van der Waals surface area contributed by atoms with E-state index in [1.54, 1.807) is 7.05 Å². The molecule has 0 heterocycles. The Hall–Kier alpha value is -0.530. The van der Waals surface area contributed by atoms with Gasteiger partial charge in [-0.15, -0.1) is 0 Å². The smallest absolute Gasteiger partial charge is 0.225 e. The van der Waals surface area contributed by atoms with E-state index in [2.05, 4.69) is 26.1 Å². The molecule has 15 heavy (non-hydrogen) atoms. The van der Waals surface area contributed by atoms with Crippen LogP contribution in [0.2, 0.25) is 0 Å². The van der Waals surface area contributed by atoms with Crippen LogP contribution in [0.4, 0.5) is 0 Å². The largest absolute Gasteiger partial charge is 0.359 e. The molecule has 0 unspecified atom stereocenters. The van der Waals surface area contributed by atoms with Gasteiger partial charge in [-0.25, -0.2) is 0 Å². The minimum absolute atomic E-state index is 0. The van der Waals surface area contributed by atoms with Crippen LogP contribution in [-0.2, 0) is 4.79 Å². The Morgan fingerprint density at radius 1 is 1.20 bits per heavy atom. The van der Waals surface area contributed by atoms with Crippen LogP contribution < -0.4 is 5.32 Å². The van der Waals surface area contributed by atoms with Crippen molar-refractivity contribution in [3.63, 3.8) is 0 Å². The maximum Gasteiger partial charge on any atom is 0.225 e. The van der Waals surface area contributed by atoms with Crippen molar-refractivity contribution < 1.29 is 6.22 Å². The lowest BCUT2D eigenvalue weighted by Gasteiger charge is -2.31. The molecular formula is C13H29NO. The normalized spacial score (nSPS) is 18.7. The quantitative estimate of drug-likeness (QED) is 0.746. The number of rotatable bonds is 2. The number of carbonyl (C=O) groups excluding carboxylic acids is 1. The van der Waals surface area contributed by atoms with Crippen LogP contribution in [0, 0.1) is 5.41 Å². The Kier molecular flexibility index (Phi) is 7.45. The topological polar surface area (TPSA) is 29.1 Å². The van der Waals surface area contributed by atoms with Gasteiger partial charge in [0.05, 0.1) is 0 Å². The van der Waals surface area contributed by atoms with E-state index in [9.17, 15) is 4.79 Å².